The van der Waals surface area contributed by atoms with Gasteiger partial charge in [-0.1, -0.05) is 18.6 Å². The fraction of sp³-hybridized carbons (Fsp3) is 0.346. The predicted octanol–water partition coefficient (Wildman–Crippen LogP) is 4.08. The Morgan fingerprint density at radius 3 is 2.97 bits per heavy atom. The molecule has 0 bridgehead atoms. The Morgan fingerprint density at radius 1 is 1.17 bits per heavy atom. The summed E-state index contributed by atoms with van der Waals surface area (Å²) >= 11 is 1.51. The first kappa shape index (κ1) is 23.3. The first-order chi connectivity index (χ1) is 17.1. The third-order valence-electron chi connectivity index (χ3n) is 6.52. The third-order valence-corrected chi connectivity index (χ3v) is 7.56. The summed E-state index contributed by atoms with van der Waals surface area (Å²) in [6.07, 6.45) is 3.79. The molecule has 0 unspecified atom stereocenters. The summed E-state index contributed by atoms with van der Waals surface area (Å²) in [5, 5.41) is 19.4. The Balaban J connectivity index is 1.16. The van der Waals surface area contributed by atoms with Gasteiger partial charge in [-0.25, -0.2) is 9.97 Å². The minimum absolute atomic E-state index is 0.0101. The van der Waals surface area contributed by atoms with Gasteiger partial charge in [0.1, 0.15) is 17.6 Å². The zero-order valence-electron chi connectivity index (χ0n) is 19.2. The second kappa shape index (κ2) is 10.4. The maximum absolute atomic E-state index is 13.1. The van der Waals surface area contributed by atoms with Crippen molar-refractivity contribution in [3.05, 3.63) is 53.9 Å². The van der Waals surface area contributed by atoms with Crippen molar-refractivity contribution < 1.29 is 9.59 Å². The van der Waals surface area contributed by atoms with Crippen molar-refractivity contribution in [2.45, 2.75) is 37.1 Å². The minimum atomic E-state index is -0.0564. The minimum Gasteiger partial charge on any atom is -0.324 e. The number of pyridine rings is 2. The number of aromatic nitrogens is 2. The molecular weight excluding hydrogens is 460 g/mol. The van der Waals surface area contributed by atoms with E-state index >= 15 is 0 Å². The van der Waals surface area contributed by atoms with Crippen LogP contribution in [0.4, 0.5) is 11.5 Å². The number of nitriles is 1. The standard InChI is InChI=1S/C26H26N6O2S/c27-12-19-8-7-17-4-2-6-21(24(17)29-19)31-26(34)18-5-1-3-16(11-18)13-28-14-20-9-10-22-25(30-20)32-23(33)15-35-22/h2,4,6-10,16,18,28H,1,3,5,11,13-15H2,(H,31,34)(H,30,32,33)/t16-,18+/m1/s1. The lowest BCUT2D eigenvalue weighted by molar-refractivity contribution is -0.121. The zero-order chi connectivity index (χ0) is 24.2. The highest BCUT2D eigenvalue weighted by Gasteiger charge is 2.27. The molecule has 3 N–H and O–H groups in total. The summed E-state index contributed by atoms with van der Waals surface area (Å²) in [4.78, 5) is 34.7. The van der Waals surface area contributed by atoms with Crippen molar-refractivity contribution in [2.75, 3.05) is 22.9 Å². The highest BCUT2D eigenvalue weighted by Crippen LogP contribution is 2.32. The number of amides is 2. The smallest absolute Gasteiger partial charge is 0.235 e. The summed E-state index contributed by atoms with van der Waals surface area (Å²) in [6.45, 7) is 1.43. The zero-order valence-corrected chi connectivity index (χ0v) is 20.0. The molecule has 2 atom stereocenters. The number of carbonyl (C=O) groups is 2. The van der Waals surface area contributed by atoms with Crippen molar-refractivity contribution in [3.8, 4) is 6.07 Å². The Bertz CT molecular complexity index is 1320. The molecule has 3 aromatic rings. The molecule has 1 aliphatic carbocycles. The first-order valence-electron chi connectivity index (χ1n) is 11.8. The van der Waals surface area contributed by atoms with Crippen molar-refractivity contribution in [3.63, 3.8) is 0 Å². The maximum atomic E-state index is 13.1. The van der Waals surface area contributed by atoms with Gasteiger partial charge in [0, 0.05) is 17.8 Å². The van der Waals surface area contributed by atoms with Crippen molar-refractivity contribution in [1.82, 2.24) is 15.3 Å². The molecule has 1 saturated carbocycles. The summed E-state index contributed by atoms with van der Waals surface area (Å²) in [5.41, 5.74) is 2.50. The highest BCUT2D eigenvalue weighted by molar-refractivity contribution is 8.00. The highest BCUT2D eigenvalue weighted by atomic mass is 32.2. The molecule has 1 aliphatic heterocycles. The van der Waals surface area contributed by atoms with Crippen LogP contribution in [-0.4, -0.2) is 34.1 Å². The molecule has 2 amide bonds. The topological polar surface area (TPSA) is 120 Å². The third kappa shape index (κ3) is 5.45. The number of thioether (sulfide) groups is 1. The van der Waals surface area contributed by atoms with Crippen molar-refractivity contribution >= 4 is 46.0 Å². The number of rotatable bonds is 6. The molecule has 9 heteroatoms. The molecule has 5 rings (SSSR count). The Hall–Kier alpha value is -3.48. The molecule has 0 spiro atoms. The lowest BCUT2D eigenvalue weighted by Gasteiger charge is -2.28. The van der Waals surface area contributed by atoms with E-state index in [1.54, 1.807) is 6.07 Å². The van der Waals surface area contributed by atoms with E-state index < -0.39 is 0 Å². The molecule has 1 aromatic carbocycles. The fourth-order valence-electron chi connectivity index (χ4n) is 4.77. The van der Waals surface area contributed by atoms with Crippen LogP contribution in [-0.2, 0) is 16.1 Å². The van der Waals surface area contributed by atoms with Crippen LogP contribution < -0.4 is 16.0 Å². The summed E-state index contributed by atoms with van der Waals surface area (Å²) in [6, 6.07) is 15.2. The van der Waals surface area contributed by atoms with E-state index in [-0.39, 0.29) is 17.7 Å². The molecule has 3 heterocycles. The molecule has 0 saturated heterocycles. The van der Waals surface area contributed by atoms with Gasteiger partial charge in [0.2, 0.25) is 11.8 Å². The van der Waals surface area contributed by atoms with E-state index in [0.717, 1.165) is 48.2 Å². The molecule has 0 radical (unpaired) electrons. The quantitative estimate of drug-likeness (QED) is 0.480. The number of hydrogen-bond acceptors (Lipinski definition) is 7. The predicted molar refractivity (Wildman–Crippen MR) is 136 cm³/mol. The van der Waals surface area contributed by atoms with Crippen LogP contribution >= 0.6 is 11.8 Å². The normalized spacial score (nSPS) is 19.5. The second-order valence-corrected chi connectivity index (χ2v) is 10.0. The van der Waals surface area contributed by atoms with E-state index in [4.69, 9.17) is 0 Å². The van der Waals surface area contributed by atoms with Crippen LogP contribution in [0.2, 0.25) is 0 Å². The van der Waals surface area contributed by atoms with Gasteiger partial charge >= 0.3 is 0 Å². The van der Waals surface area contributed by atoms with Crippen molar-refractivity contribution in [1.29, 1.82) is 5.26 Å². The van der Waals surface area contributed by atoms with Gasteiger partial charge in [-0.05, 0) is 62.1 Å². The summed E-state index contributed by atoms with van der Waals surface area (Å²) < 4.78 is 0. The molecule has 1 fully saturated rings. The lowest BCUT2D eigenvalue weighted by atomic mass is 9.81. The molecule has 2 aliphatic rings. The molecule has 2 aromatic heterocycles. The summed E-state index contributed by atoms with van der Waals surface area (Å²) in [7, 11) is 0. The van der Waals surface area contributed by atoms with Gasteiger partial charge in [0.15, 0.2) is 0 Å². The van der Waals surface area contributed by atoms with Crippen LogP contribution in [0.25, 0.3) is 10.9 Å². The second-order valence-electron chi connectivity index (χ2n) is 9.02. The van der Waals surface area contributed by atoms with Crippen LogP contribution in [0.5, 0.6) is 0 Å². The first-order valence-corrected chi connectivity index (χ1v) is 12.8. The lowest BCUT2D eigenvalue weighted by Crippen LogP contribution is -2.32. The van der Waals surface area contributed by atoms with Crippen molar-refractivity contribution in [2.24, 2.45) is 11.8 Å². The van der Waals surface area contributed by atoms with Gasteiger partial charge in [-0.15, -0.1) is 11.8 Å². The van der Waals surface area contributed by atoms with Gasteiger partial charge in [0.05, 0.1) is 27.5 Å². The molecular formula is C26H26N6O2S. The number of nitrogens with one attached hydrogen (secondary N) is 3. The monoisotopic (exact) mass is 486 g/mol. The van der Waals surface area contributed by atoms with Crippen LogP contribution in [0.3, 0.4) is 0 Å². The number of carbonyl (C=O) groups excluding carboxylic acids is 2. The Morgan fingerprint density at radius 2 is 2.09 bits per heavy atom. The number of para-hydroxylation sites is 1. The largest absolute Gasteiger partial charge is 0.324 e. The van der Waals surface area contributed by atoms with Crippen LogP contribution in [0.1, 0.15) is 37.1 Å². The number of hydrogen-bond donors (Lipinski definition) is 3. The fourth-order valence-corrected chi connectivity index (χ4v) is 5.52. The van der Waals surface area contributed by atoms with Gasteiger partial charge < -0.3 is 16.0 Å². The molecule has 178 valence electrons. The Labute approximate surface area is 207 Å². The van der Waals surface area contributed by atoms with Gasteiger partial charge in [-0.2, -0.15) is 5.26 Å². The number of anilines is 2. The van der Waals surface area contributed by atoms with E-state index in [1.807, 2.05) is 36.4 Å². The number of nitrogens with zero attached hydrogens (tertiary/aromatic N) is 3. The molecule has 8 nitrogen and oxygen atoms in total. The van der Waals surface area contributed by atoms with Gasteiger partial charge in [0.25, 0.3) is 0 Å². The number of fused-ring (bicyclic) bond motifs is 2. The van der Waals surface area contributed by atoms with Crippen LogP contribution in [0.15, 0.2) is 47.4 Å². The SMILES string of the molecule is N#Cc1ccc2cccc(NC(=O)[C@H]3CCC[C@@H](CNCc4ccc5c(n4)NC(=O)CS5)C3)c2n1. The maximum Gasteiger partial charge on any atom is 0.235 e. The van der Waals surface area contributed by atoms with E-state index in [2.05, 4.69) is 32.0 Å². The van der Waals surface area contributed by atoms with Crippen LogP contribution in [0, 0.1) is 23.2 Å². The van der Waals surface area contributed by atoms with E-state index in [0.29, 0.717) is 40.9 Å². The number of benzene rings is 1. The average Bonchev–Trinajstić information content (AvgIpc) is 2.88. The molecule has 35 heavy (non-hydrogen) atoms. The van der Waals surface area contributed by atoms with E-state index in [1.165, 1.54) is 11.8 Å². The Kier molecular flexibility index (Phi) is 6.93. The summed E-state index contributed by atoms with van der Waals surface area (Å²) in [5.74, 6) is 1.42. The van der Waals surface area contributed by atoms with E-state index in [9.17, 15) is 14.9 Å². The van der Waals surface area contributed by atoms with Gasteiger partial charge in [-0.3, -0.25) is 9.59 Å². The average molecular weight is 487 g/mol.